The molecule has 162 valence electrons. The van der Waals surface area contributed by atoms with Crippen LogP contribution in [0.2, 0.25) is 5.02 Å². The van der Waals surface area contributed by atoms with Gasteiger partial charge in [0.25, 0.3) is 0 Å². The van der Waals surface area contributed by atoms with Crippen LogP contribution in [0.5, 0.6) is 0 Å². The van der Waals surface area contributed by atoms with Crippen LogP contribution in [-0.2, 0) is 9.53 Å². The normalized spacial score (nSPS) is 15.7. The minimum absolute atomic E-state index is 0.194. The summed E-state index contributed by atoms with van der Waals surface area (Å²) in [7, 11) is 0. The van der Waals surface area contributed by atoms with Crippen molar-refractivity contribution in [1.29, 1.82) is 0 Å². The van der Waals surface area contributed by atoms with Crippen molar-refractivity contribution in [3.05, 3.63) is 68.6 Å². The number of fused-ring (bicyclic) bond motifs is 3. The Morgan fingerprint density at radius 3 is 2.48 bits per heavy atom. The monoisotopic (exact) mass is 455 g/mol. The molecule has 3 heterocycles. The number of hydrogen-bond acceptors (Lipinski definition) is 5. The number of rotatable bonds is 3. The Labute approximate surface area is 191 Å². The minimum atomic E-state index is -0.541. The van der Waals surface area contributed by atoms with Crippen LogP contribution in [-0.4, -0.2) is 26.3 Å². The highest BCUT2D eigenvalue weighted by Gasteiger charge is 2.32. The molecule has 4 rings (SSSR count). The Bertz CT molecular complexity index is 1180. The van der Waals surface area contributed by atoms with Crippen molar-refractivity contribution in [3.63, 3.8) is 0 Å². The van der Waals surface area contributed by atoms with Crippen LogP contribution in [0.15, 0.2) is 30.3 Å². The topological polar surface area (TPSA) is 57.0 Å². The zero-order valence-corrected chi connectivity index (χ0v) is 20.2. The van der Waals surface area contributed by atoms with Gasteiger partial charge in [0.15, 0.2) is 0 Å². The van der Waals surface area contributed by atoms with E-state index in [4.69, 9.17) is 16.3 Å². The molecule has 0 bridgehead atoms. The van der Waals surface area contributed by atoms with E-state index in [9.17, 15) is 4.79 Å². The highest BCUT2D eigenvalue weighted by molar-refractivity contribution is 7.15. The first-order valence-corrected chi connectivity index (χ1v) is 11.5. The van der Waals surface area contributed by atoms with Gasteiger partial charge in [-0.25, -0.2) is 0 Å². The van der Waals surface area contributed by atoms with E-state index in [-0.39, 0.29) is 18.3 Å². The van der Waals surface area contributed by atoms with E-state index in [0.717, 1.165) is 33.3 Å². The predicted molar refractivity (Wildman–Crippen MR) is 125 cm³/mol. The lowest BCUT2D eigenvalue weighted by Crippen LogP contribution is -2.25. The first kappa shape index (κ1) is 21.8. The second kappa shape index (κ2) is 7.92. The molecule has 1 aromatic carbocycles. The van der Waals surface area contributed by atoms with Crippen LogP contribution in [0.4, 0.5) is 0 Å². The number of thiophene rings is 1. The first-order chi connectivity index (χ1) is 14.5. The lowest BCUT2D eigenvalue weighted by molar-refractivity contribution is -0.155. The molecule has 0 spiro atoms. The molecule has 0 unspecified atom stereocenters. The largest absolute Gasteiger partial charge is 0.460 e. The quantitative estimate of drug-likeness (QED) is 0.443. The van der Waals surface area contributed by atoms with E-state index < -0.39 is 5.60 Å². The number of allylic oxidation sites excluding steroid dienone is 1. The van der Waals surface area contributed by atoms with Gasteiger partial charge in [-0.3, -0.25) is 9.36 Å². The van der Waals surface area contributed by atoms with E-state index in [0.29, 0.717) is 5.02 Å². The molecule has 0 saturated heterocycles. The number of aromatic nitrogens is 3. The zero-order valence-electron chi connectivity index (χ0n) is 18.6. The summed E-state index contributed by atoms with van der Waals surface area (Å²) in [5.74, 6) is 1.04. The highest BCUT2D eigenvalue weighted by atomic mass is 35.5. The van der Waals surface area contributed by atoms with Gasteiger partial charge in [-0.2, -0.15) is 0 Å². The zero-order chi connectivity index (χ0) is 22.5. The molecule has 2 aromatic heterocycles. The SMILES string of the molecule is Cc1sc2c(c1C)C(c1ccc(Cl)cc1)=C[C@H](CC(=O)OC(C)(C)C)c1nnc(C)n1-2. The van der Waals surface area contributed by atoms with Gasteiger partial charge in [0.2, 0.25) is 0 Å². The van der Waals surface area contributed by atoms with Gasteiger partial charge < -0.3 is 4.74 Å². The number of benzene rings is 1. The summed E-state index contributed by atoms with van der Waals surface area (Å²) in [6.07, 6.45) is 2.33. The van der Waals surface area contributed by atoms with Crippen molar-refractivity contribution in [2.45, 2.75) is 59.5 Å². The van der Waals surface area contributed by atoms with E-state index in [1.54, 1.807) is 11.3 Å². The lowest BCUT2D eigenvalue weighted by Gasteiger charge is -2.21. The second-order valence-electron chi connectivity index (χ2n) is 8.89. The Hall–Kier alpha value is -2.44. The Kier molecular flexibility index (Phi) is 5.56. The van der Waals surface area contributed by atoms with Crippen LogP contribution in [0.1, 0.15) is 66.3 Å². The van der Waals surface area contributed by atoms with Crippen molar-refractivity contribution in [2.75, 3.05) is 0 Å². The first-order valence-electron chi connectivity index (χ1n) is 10.3. The van der Waals surface area contributed by atoms with E-state index in [2.05, 4.69) is 34.7 Å². The number of hydrogen-bond donors (Lipinski definition) is 0. The van der Waals surface area contributed by atoms with E-state index >= 15 is 0 Å². The smallest absolute Gasteiger partial charge is 0.307 e. The fraction of sp³-hybridized carbons (Fsp3) is 0.375. The third-order valence-electron chi connectivity index (χ3n) is 5.35. The Morgan fingerprint density at radius 2 is 1.84 bits per heavy atom. The number of ether oxygens (including phenoxy) is 1. The molecular formula is C24H26ClN3O2S. The van der Waals surface area contributed by atoms with Gasteiger partial charge in [0, 0.05) is 21.4 Å². The average molecular weight is 456 g/mol. The van der Waals surface area contributed by atoms with Crippen molar-refractivity contribution >= 4 is 34.5 Å². The lowest BCUT2D eigenvalue weighted by atomic mass is 9.92. The number of carbonyl (C=O) groups excluding carboxylic acids is 1. The molecule has 0 aliphatic carbocycles. The van der Waals surface area contributed by atoms with Crippen molar-refractivity contribution in [3.8, 4) is 5.00 Å². The molecule has 3 aromatic rings. The second-order valence-corrected chi connectivity index (χ2v) is 10.5. The van der Waals surface area contributed by atoms with Crippen LogP contribution < -0.4 is 0 Å². The van der Waals surface area contributed by atoms with Crippen molar-refractivity contribution in [1.82, 2.24) is 14.8 Å². The Morgan fingerprint density at radius 1 is 1.16 bits per heavy atom. The van der Waals surface area contributed by atoms with Crippen molar-refractivity contribution in [2.24, 2.45) is 0 Å². The van der Waals surface area contributed by atoms with Crippen molar-refractivity contribution < 1.29 is 9.53 Å². The summed E-state index contributed by atoms with van der Waals surface area (Å²) in [5, 5.41) is 10.6. The number of esters is 1. The number of aryl methyl sites for hydroxylation is 2. The van der Waals surface area contributed by atoms with E-state index in [1.807, 2.05) is 52.0 Å². The molecular weight excluding hydrogens is 430 g/mol. The molecule has 1 aliphatic rings. The van der Waals surface area contributed by atoms with Gasteiger partial charge >= 0.3 is 5.97 Å². The molecule has 1 atom stereocenters. The summed E-state index contributed by atoms with van der Waals surface area (Å²) < 4.78 is 7.71. The highest BCUT2D eigenvalue weighted by Crippen LogP contribution is 2.44. The third kappa shape index (κ3) is 4.19. The molecule has 0 saturated carbocycles. The van der Waals surface area contributed by atoms with Gasteiger partial charge in [0.1, 0.15) is 22.3 Å². The molecule has 0 amide bonds. The van der Waals surface area contributed by atoms with Crippen LogP contribution >= 0.6 is 22.9 Å². The van der Waals surface area contributed by atoms with Gasteiger partial charge in [-0.15, -0.1) is 21.5 Å². The number of halogens is 1. The molecule has 7 heteroatoms. The maximum absolute atomic E-state index is 12.8. The molecule has 5 nitrogen and oxygen atoms in total. The third-order valence-corrected chi connectivity index (χ3v) is 6.79. The molecule has 31 heavy (non-hydrogen) atoms. The van der Waals surface area contributed by atoms with E-state index in [1.165, 1.54) is 10.4 Å². The summed E-state index contributed by atoms with van der Waals surface area (Å²) in [5.41, 5.74) is 3.96. The standard InChI is InChI=1S/C24H26ClN3O2S/c1-13-14(2)31-23-21(13)19(16-7-9-18(25)10-8-16)11-17(12-20(29)30-24(4,5)6)22-27-26-15(3)28(22)23/h7-11,17H,12H2,1-6H3/t17-/m1/s1. The fourth-order valence-corrected chi connectivity index (χ4v) is 5.25. The van der Waals surface area contributed by atoms with Crippen LogP contribution in [0, 0.1) is 20.8 Å². The average Bonchev–Trinajstić information content (AvgIpc) is 3.14. The van der Waals surface area contributed by atoms with Gasteiger partial charge in [0.05, 0.1) is 6.42 Å². The molecule has 0 radical (unpaired) electrons. The molecule has 0 N–H and O–H groups in total. The molecule has 0 fully saturated rings. The van der Waals surface area contributed by atoms with Crippen LogP contribution in [0.3, 0.4) is 0 Å². The van der Waals surface area contributed by atoms with Gasteiger partial charge in [-0.1, -0.05) is 29.8 Å². The minimum Gasteiger partial charge on any atom is -0.460 e. The number of nitrogens with zero attached hydrogens (tertiary/aromatic N) is 3. The van der Waals surface area contributed by atoms with Crippen LogP contribution in [0.25, 0.3) is 10.6 Å². The van der Waals surface area contributed by atoms with Gasteiger partial charge in [-0.05, 0) is 70.4 Å². The predicted octanol–water partition coefficient (Wildman–Crippen LogP) is 6.17. The summed E-state index contributed by atoms with van der Waals surface area (Å²) in [6, 6.07) is 7.83. The summed E-state index contributed by atoms with van der Waals surface area (Å²) in [4.78, 5) is 14.0. The Balaban J connectivity index is 1.91. The molecule has 1 aliphatic heterocycles. The maximum atomic E-state index is 12.8. The fourth-order valence-electron chi connectivity index (χ4n) is 3.90. The maximum Gasteiger partial charge on any atom is 0.307 e. The summed E-state index contributed by atoms with van der Waals surface area (Å²) >= 11 is 7.88. The number of carbonyl (C=O) groups is 1. The summed E-state index contributed by atoms with van der Waals surface area (Å²) in [6.45, 7) is 11.9.